The standard InChI is InChI=1S/C76H77N4O.Pt/c1-50(2)64-31-24-32-65(51(3)4)72(64)54-39-60(78-48-70(74(8,9)10)79(49-78)61-43-58(75(11,12)55-27-20-16-21-28-55)42-59(44-61)76(13,14)56-29-22-17-23-30-56)46-63(40-54)81-62-34-35-66-67-41-53(52-25-18-15-19-26-52)33-36-68(67)80(69(66)47-62)71-45-57(37-38-77-71)73(5,6)7;/h15-45,48-51H,1-14H3;/q-3;. The van der Waals surface area contributed by atoms with Crippen molar-refractivity contribution < 1.29 is 25.8 Å². The van der Waals surface area contributed by atoms with E-state index in [1.165, 1.54) is 55.8 Å². The van der Waals surface area contributed by atoms with Crippen LogP contribution in [0.15, 0.2) is 200 Å². The molecule has 0 saturated heterocycles. The van der Waals surface area contributed by atoms with Crippen LogP contribution in [0.3, 0.4) is 0 Å². The topological polar surface area (TPSA) is 33.5 Å². The second-order valence-electron chi connectivity index (χ2n) is 25.9. The van der Waals surface area contributed by atoms with Gasteiger partial charge in [-0.2, -0.15) is 6.07 Å². The van der Waals surface area contributed by atoms with E-state index in [1.54, 1.807) is 0 Å². The van der Waals surface area contributed by atoms with Gasteiger partial charge in [0.1, 0.15) is 5.82 Å². The van der Waals surface area contributed by atoms with Crippen LogP contribution in [0.5, 0.6) is 11.5 Å². The van der Waals surface area contributed by atoms with Gasteiger partial charge in [-0.1, -0.05) is 230 Å². The number of aromatic nitrogens is 2. The molecule has 0 radical (unpaired) electrons. The Morgan fingerprint density at radius 2 is 1.09 bits per heavy atom. The van der Waals surface area contributed by atoms with Crippen LogP contribution < -0.4 is 14.5 Å². The summed E-state index contributed by atoms with van der Waals surface area (Å²) in [5.41, 5.74) is 17.7. The summed E-state index contributed by atoms with van der Waals surface area (Å²) in [6, 6.07) is 73.9. The summed E-state index contributed by atoms with van der Waals surface area (Å²) in [6.45, 7) is 34.5. The predicted molar refractivity (Wildman–Crippen MR) is 341 cm³/mol. The van der Waals surface area contributed by atoms with Crippen molar-refractivity contribution in [2.24, 2.45) is 5.41 Å². The molecule has 11 rings (SSSR count). The fraction of sp³-hybridized carbons (Fsp3) is 0.263. The molecular weight excluding hydrogens is 1180 g/mol. The zero-order valence-electron chi connectivity index (χ0n) is 50.2. The number of fused-ring (bicyclic) bond motifs is 3. The number of anilines is 2. The van der Waals surface area contributed by atoms with E-state index in [9.17, 15) is 0 Å². The van der Waals surface area contributed by atoms with Crippen LogP contribution in [0.1, 0.15) is 148 Å². The molecule has 420 valence electrons. The molecule has 1 aliphatic rings. The molecule has 0 unspecified atom stereocenters. The summed E-state index contributed by atoms with van der Waals surface area (Å²) in [4.78, 5) is 9.69. The molecule has 0 N–H and O–H groups in total. The quantitative estimate of drug-likeness (QED) is 0.108. The molecule has 0 saturated carbocycles. The van der Waals surface area contributed by atoms with E-state index in [4.69, 9.17) is 9.72 Å². The average molecular weight is 1260 g/mol. The third kappa shape index (κ3) is 11.1. The van der Waals surface area contributed by atoms with Crippen molar-refractivity contribution in [2.75, 3.05) is 9.80 Å². The first-order valence-corrected chi connectivity index (χ1v) is 28.9. The summed E-state index contributed by atoms with van der Waals surface area (Å²) in [5, 5.41) is 2.20. The first-order chi connectivity index (χ1) is 38.6. The Morgan fingerprint density at radius 3 is 1.66 bits per heavy atom. The zero-order valence-corrected chi connectivity index (χ0v) is 52.5. The summed E-state index contributed by atoms with van der Waals surface area (Å²) in [7, 11) is 0. The van der Waals surface area contributed by atoms with Crippen LogP contribution in [0, 0.1) is 24.2 Å². The predicted octanol–water partition coefficient (Wildman–Crippen LogP) is 20.4. The molecule has 0 spiro atoms. The summed E-state index contributed by atoms with van der Waals surface area (Å²) in [6.07, 6.45) is 4.23. The van der Waals surface area contributed by atoms with Crippen molar-refractivity contribution in [2.45, 2.75) is 125 Å². The van der Waals surface area contributed by atoms with E-state index in [1.807, 2.05) is 6.20 Å². The number of hydrogen-bond acceptors (Lipinski definition) is 4. The van der Waals surface area contributed by atoms with E-state index in [0.717, 1.165) is 50.1 Å². The molecule has 0 bridgehead atoms. The maximum atomic E-state index is 7.18. The van der Waals surface area contributed by atoms with Crippen LogP contribution in [0.4, 0.5) is 11.4 Å². The summed E-state index contributed by atoms with van der Waals surface area (Å²) in [5.74, 6) is 2.59. The third-order valence-electron chi connectivity index (χ3n) is 16.7. The van der Waals surface area contributed by atoms with Gasteiger partial charge in [0.05, 0.1) is 0 Å². The minimum atomic E-state index is -0.289. The summed E-state index contributed by atoms with van der Waals surface area (Å²) >= 11 is 0. The molecule has 6 heteroatoms. The molecule has 1 aliphatic heterocycles. The Kier molecular flexibility index (Phi) is 15.8. The summed E-state index contributed by atoms with van der Waals surface area (Å²) < 4.78 is 9.43. The van der Waals surface area contributed by atoms with Crippen molar-refractivity contribution >= 4 is 33.2 Å². The van der Waals surface area contributed by atoms with Crippen LogP contribution in [0.2, 0.25) is 0 Å². The molecule has 10 aromatic rings. The van der Waals surface area contributed by atoms with E-state index < -0.39 is 0 Å². The fourth-order valence-electron chi connectivity index (χ4n) is 11.7. The average Bonchev–Trinajstić information content (AvgIpc) is 3.69. The molecule has 8 aromatic carbocycles. The van der Waals surface area contributed by atoms with Gasteiger partial charge in [-0.3, -0.25) is 0 Å². The molecule has 0 aliphatic carbocycles. The Balaban J connectivity index is 0.00000753. The number of rotatable bonds is 13. The Labute approximate surface area is 503 Å². The number of nitrogens with zero attached hydrogens (tertiary/aromatic N) is 4. The monoisotopic (exact) mass is 1260 g/mol. The van der Waals surface area contributed by atoms with Crippen molar-refractivity contribution in [3.8, 4) is 39.6 Å². The largest absolute Gasteiger partial charge is 0.509 e. The SMILES string of the molecule is CC(C)c1cccc(C(C)C)c1-c1cc(Oc2[c-]c3c(cc2)c2cc(-c4ccccc4)ccc2n3-c2cc(C(C)(C)C)ccn2)[c-]c(N2C=C(C(C)(C)C)N(c3cc(C(C)(C)c4ccccc4)cc(C(C)(C)c4ccccc4)c3)[CH-]2)c1.[Pt]. The second kappa shape index (κ2) is 22.4. The first kappa shape index (κ1) is 57.8. The van der Waals surface area contributed by atoms with Gasteiger partial charge in [-0.25, -0.2) is 4.98 Å². The van der Waals surface area contributed by atoms with Crippen molar-refractivity contribution in [3.63, 3.8) is 0 Å². The van der Waals surface area contributed by atoms with Gasteiger partial charge in [0.25, 0.3) is 0 Å². The van der Waals surface area contributed by atoms with Gasteiger partial charge in [0.2, 0.25) is 0 Å². The van der Waals surface area contributed by atoms with Crippen LogP contribution in [-0.2, 0) is 37.3 Å². The minimum Gasteiger partial charge on any atom is -0.509 e. The number of ether oxygens (including phenoxy) is 1. The number of hydrogen-bond donors (Lipinski definition) is 0. The van der Waals surface area contributed by atoms with Gasteiger partial charge >= 0.3 is 0 Å². The molecule has 0 atom stereocenters. The molecule has 5 nitrogen and oxygen atoms in total. The third-order valence-corrected chi connectivity index (χ3v) is 16.7. The Bertz CT molecular complexity index is 3870. The van der Waals surface area contributed by atoms with Crippen LogP contribution in [-0.4, -0.2) is 9.55 Å². The van der Waals surface area contributed by atoms with Crippen molar-refractivity contribution in [1.82, 2.24) is 9.55 Å². The van der Waals surface area contributed by atoms with Gasteiger partial charge in [0, 0.05) is 71.9 Å². The van der Waals surface area contributed by atoms with Gasteiger partial charge in [-0.05, 0) is 115 Å². The number of benzene rings is 8. The van der Waals surface area contributed by atoms with Crippen LogP contribution >= 0.6 is 0 Å². The van der Waals surface area contributed by atoms with E-state index >= 15 is 0 Å². The molecule has 0 fully saturated rings. The van der Waals surface area contributed by atoms with Gasteiger partial charge in [-0.15, -0.1) is 53.6 Å². The minimum absolute atomic E-state index is 0. The molecule has 3 heterocycles. The second-order valence-corrected chi connectivity index (χ2v) is 25.9. The molecule has 0 amide bonds. The Morgan fingerprint density at radius 1 is 0.488 bits per heavy atom. The first-order valence-electron chi connectivity index (χ1n) is 28.9. The normalized spacial score (nSPS) is 13.3. The van der Waals surface area contributed by atoms with Gasteiger partial charge < -0.3 is 19.1 Å². The van der Waals surface area contributed by atoms with E-state index in [0.29, 0.717) is 11.5 Å². The zero-order chi connectivity index (χ0) is 57.2. The maximum absolute atomic E-state index is 7.18. The molecule has 2 aromatic heterocycles. The Hall–Kier alpha value is -7.46. The van der Waals surface area contributed by atoms with Crippen molar-refractivity contribution in [1.29, 1.82) is 0 Å². The van der Waals surface area contributed by atoms with Gasteiger partial charge in [0.15, 0.2) is 0 Å². The fourth-order valence-corrected chi connectivity index (χ4v) is 11.7. The van der Waals surface area contributed by atoms with Crippen molar-refractivity contribution in [3.05, 3.63) is 258 Å². The molecular formula is C76H77N4OPt-3. The van der Waals surface area contributed by atoms with Crippen LogP contribution in [0.25, 0.3) is 49.9 Å². The maximum Gasteiger partial charge on any atom is 0.135 e. The van der Waals surface area contributed by atoms with E-state index in [-0.39, 0.29) is 54.6 Å². The van der Waals surface area contributed by atoms with E-state index in [2.05, 4.69) is 318 Å². The number of pyridine rings is 1. The molecule has 82 heavy (non-hydrogen) atoms. The smallest absolute Gasteiger partial charge is 0.135 e. The number of allylic oxidation sites excluding steroid dienone is 1.